The maximum absolute atomic E-state index is 6.31. The van der Waals surface area contributed by atoms with Crippen LogP contribution in [0.25, 0.3) is 80.4 Å². The molecule has 0 bridgehead atoms. The number of hydrogen-bond acceptors (Lipinski definition) is 2. The molecule has 0 aliphatic rings. The third-order valence-electron chi connectivity index (χ3n) is 7.77. The van der Waals surface area contributed by atoms with E-state index in [1.54, 1.807) is 0 Å². The Kier molecular flexibility index (Phi) is 3.70. The van der Waals surface area contributed by atoms with Crippen LogP contribution in [-0.2, 0) is 0 Å². The molecule has 9 aromatic rings. The van der Waals surface area contributed by atoms with E-state index in [0.29, 0.717) is 0 Å². The molecule has 172 valence electrons. The van der Waals surface area contributed by atoms with Crippen molar-refractivity contribution in [2.24, 2.45) is 0 Å². The fourth-order valence-corrected chi connectivity index (χ4v) is 7.49. The summed E-state index contributed by atoms with van der Waals surface area (Å²) >= 11 is 1.90. The quantitative estimate of drug-likeness (QED) is 0.224. The fraction of sp³-hybridized carbons (Fsp3) is 0. The van der Waals surface area contributed by atoms with Gasteiger partial charge in [0.05, 0.1) is 11.0 Å². The summed E-state index contributed by atoms with van der Waals surface area (Å²) in [4.78, 5) is 0. The van der Waals surface area contributed by atoms with Gasteiger partial charge in [0.2, 0.25) is 0 Å². The molecule has 0 fully saturated rings. The minimum absolute atomic E-state index is 0.913. The Morgan fingerprint density at radius 3 is 2.08 bits per heavy atom. The van der Waals surface area contributed by atoms with E-state index in [-0.39, 0.29) is 0 Å². The first kappa shape index (κ1) is 19.6. The van der Waals surface area contributed by atoms with Crippen LogP contribution in [0.1, 0.15) is 0 Å². The van der Waals surface area contributed by atoms with Gasteiger partial charge in [0, 0.05) is 64.2 Å². The van der Waals surface area contributed by atoms with Crippen molar-refractivity contribution in [3.8, 4) is 5.69 Å². The molecule has 0 radical (unpaired) electrons. The summed E-state index contributed by atoms with van der Waals surface area (Å²) in [5, 5.41) is 10.2. The summed E-state index contributed by atoms with van der Waals surface area (Å²) in [6.45, 7) is 0. The molecular weight excluding hydrogens is 470 g/mol. The molecule has 6 aromatic carbocycles. The average molecular weight is 490 g/mol. The molecule has 37 heavy (non-hydrogen) atoms. The number of aromatic nitrogens is 1. The summed E-state index contributed by atoms with van der Waals surface area (Å²) in [7, 11) is 0. The Labute approximate surface area is 215 Å². The van der Waals surface area contributed by atoms with Crippen molar-refractivity contribution < 1.29 is 4.42 Å². The number of thiophene rings is 1. The Hall–Kier alpha value is -4.60. The predicted octanol–water partition coefficient (Wildman–Crippen LogP) is 10.2. The number of para-hydroxylation sites is 2. The van der Waals surface area contributed by atoms with Gasteiger partial charge < -0.3 is 8.98 Å². The summed E-state index contributed by atoms with van der Waals surface area (Å²) in [6.07, 6.45) is 0. The van der Waals surface area contributed by atoms with E-state index in [0.717, 1.165) is 27.6 Å². The lowest BCUT2D eigenvalue weighted by Crippen LogP contribution is -1.94. The molecule has 3 aromatic heterocycles. The van der Waals surface area contributed by atoms with Gasteiger partial charge in [0.25, 0.3) is 0 Å². The highest BCUT2D eigenvalue weighted by Gasteiger charge is 2.21. The zero-order valence-electron chi connectivity index (χ0n) is 19.7. The van der Waals surface area contributed by atoms with E-state index in [4.69, 9.17) is 4.42 Å². The van der Waals surface area contributed by atoms with E-state index in [1.807, 2.05) is 23.5 Å². The molecule has 0 saturated heterocycles. The fourth-order valence-electron chi connectivity index (χ4n) is 6.24. The Morgan fingerprint density at radius 1 is 0.514 bits per heavy atom. The van der Waals surface area contributed by atoms with Gasteiger partial charge in [-0.2, -0.15) is 0 Å². The van der Waals surface area contributed by atoms with Crippen LogP contribution < -0.4 is 0 Å². The Bertz CT molecular complexity index is 2370. The van der Waals surface area contributed by atoms with Crippen LogP contribution in [0, 0.1) is 0 Å². The van der Waals surface area contributed by atoms with E-state index in [1.165, 1.54) is 52.8 Å². The normalized spacial score (nSPS) is 12.3. The highest BCUT2D eigenvalue weighted by Crippen LogP contribution is 2.48. The highest BCUT2D eigenvalue weighted by molar-refractivity contribution is 7.27. The molecule has 9 rings (SSSR count). The van der Waals surface area contributed by atoms with Crippen molar-refractivity contribution in [2.75, 3.05) is 0 Å². The van der Waals surface area contributed by atoms with Gasteiger partial charge in [-0.15, -0.1) is 11.3 Å². The number of furan rings is 1. The van der Waals surface area contributed by atoms with E-state index < -0.39 is 0 Å². The average Bonchev–Trinajstić information content (AvgIpc) is 3.62. The molecule has 3 heteroatoms. The SMILES string of the molecule is c1ccc2c(c1)oc1cc(-n3c4ccccc4c4c5c6ccccc6sc5c5ccccc5c43)ccc12. The lowest BCUT2D eigenvalue weighted by atomic mass is 10.00. The van der Waals surface area contributed by atoms with Gasteiger partial charge in [0.1, 0.15) is 11.2 Å². The number of nitrogens with zero attached hydrogens (tertiary/aromatic N) is 1. The van der Waals surface area contributed by atoms with Crippen molar-refractivity contribution in [1.29, 1.82) is 0 Å². The molecule has 0 aliphatic heterocycles. The highest BCUT2D eigenvalue weighted by atomic mass is 32.1. The summed E-state index contributed by atoms with van der Waals surface area (Å²) in [5.74, 6) is 0. The minimum atomic E-state index is 0.913. The molecular formula is C34H19NOS. The summed E-state index contributed by atoms with van der Waals surface area (Å²) < 4.78 is 11.4. The molecule has 0 N–H and O–H groups in total. The number of rotatable bonds is 1. The van der Waals surface area contributed by atoms with Crippen LogP contribution in [0.5, 0.6) is 0 Å². The zero-order valence-corrected chi connectivity index (χ0v) is 20.5. The summed E-state index contributed by atoms with van der Waals surface area (Å²) in [6, 6.07) is 41.4. The first-order valence-corrected chi connectivity index (χ1v) is 13.4. The molecule has 0 unspecified atom stereocenters. The second-order valence-electron chi connectivity index (χ2n) is 9.70. The maximum atomic E-state index is 6.31. The number of hydrogen-bond donors (Lipinski definition) is 0. The van der Waals surface area contributed by atoms with Gasteiger partial charge in [-0.3, -0.25) is 0 Å². The zero-order chi connectivity index (χ0) is 24.1. The lowest BCUT2D eigenvalue weighted by Gasteiger charge is -2.11. The van der Waals surface area contributed by atoms with Crippen LogP contribution in [0.15, 0.2) is 120 Å². The summed E-state index contributed by atoms with van der Waals surface area (Å²) in [5.41, 5.74) is 5.41. The van der Waals surface area contributed by atoms with Gasteiger partial charge in [-0.05, 0) is 30.3 Å². The Balaban J connectivity index is 1.54. The number of benzene rings is 6. The second-order valence-corrected chi connectivity index (χ2v) is 10.8. The lowest BCUT2D eigenvalue weighted by molar-refractivity contribution is 0.668. The first-order chi connectivity index (χ1) is 18.4. The molecule has 2 nitrogen and oxygen atoms in total. The standard InChI is InChI=1S/C34H19NOS/c1-2-11-24-23(10-1)33-31(32-26-13-5-8-16-30(26)37-34(24)32)25-12-3-6-14-27(25)35(33)20-17-18-22-21-9-4-7-15-28(21)36-29(22)19-20/h1-19H. The molecule has 3 heterocycles. The molecule has 0 aliphatic carbocycles. The van der Waals surface area contributed by atoms with E-state index in [2.05, 4.69) is 108 Å². The maximum Gasteiger partial charge on any atom is 0.137 e. The largest absolute Gasteiger partial charge is 0.456 e. The van der Waals surface area contributed by atoms with Crippen molar-refractivity contribution in [1.82, 2.24) is 4.57 Å². The van der Waals surface area contributed by atoms with Crippen molar-refractivity contribution in [2.45, 2.75) is 0 Å². The second kappa shape index (κ2) is 7.00. The van der Waals surface area contributed by atoms with Crippen LogP contribution >= 0.6 is 11.3 Å². The van der Waals surface area contributed by atoms with Crippen LogP contribution in [0.4, 0.5) is 0 Å². The predicted molar refractivity (Wildman–Crippen MR) is 158 cm³/mol. The van der Waals surface area contributed by atoms with Crippen molar-refractivity contribution in [3.05, 3.63) is 115 Å². The minimum Gasteiger partial charge on any atom is -0.456 e. The van der Waals surface area contributed by atoms with E-state index >= 15 is 0 Å². The van der Waals surface area contributed by atoms with Crippen LogP contribution in [0.2, 0.25) is 0 Å². The van der Waals surface area contributed by atoms with E-state index in [9.17, 15) is 0 Å². The third kappa shape index (κ3) is 2.49. The van der Waals surface area contributed by atoms with Gasteiger partial charge >= 0.3 is 0 Å². The molecule has 0 spiro atoms. The number of fused-ring (bicyclic) bond motifs is 13. The smallest absolute Gasteiger partial charge is 0.137 e. The van der Waals surface area contributed by atoms with Crippen LogP contribution in [0.3, 0.4) is 0 Å². The topological polar surface area (TPSA) is 18.1 Å². The van der Waals surface area contributed by atoms with Crippen molar-refractivity contribution in [3.63, 3.8) is 0 Å². The molecule has 0 amide bonds. The molecule has 0 atom stereocenters. The molecule has 0 saturated carbocycles. The van der Waals surface area contributed by atoms with Gasteiger partial charge in [-0.25, -0.2) is 0 Å². The van der Waals surface area contributed by atoms with Crippen LogP contribution in [-0.4, -0.2) is 4.57 Å². The van der Waals surface area contributed by atoms with Gasteiger partial charge in [-0.1, -0.05) is 78.9 Å². The van der Waals surface area contributed by atoms with Gasteiger partial charge in [0.15, 0.2) is 0 Å². The first-order valence-electron chi connectivity index (χ1n) is 12.5. The third-order valence-corrected chi connectivity index (χ3v) is 8.97. The monoisotopic (exact) mass is 489 g/mol. The van der Waals surface area contributed by atoms with Crippen molar-refractivity contribution >= 4 is 86.0 Å². The Morgan fingerprint density at radius 2 is 1.19 bits per heavy atom.